The highest BCUT2D eigenvalue weighted by atomic mass is 35.5. The van der Waals surface area contributed by atoms with Gasteiger partial charge in [0.25, 0.3) is 11.8 Å². The number of pyridine rings is 2. The molecular formula is C28H33ClF4N6O2. The maximum atomic E-state index is 14.1. The Labute approximate surface area is 240 Å². The van der Waals surface area contributed by atoms with E-state index in [1.165, 1.54) is 12.1 Å². The van der Waals surface area contributed by atoms with Crippen LogP contribution in [0.1, 0.15) is 77.8 Å². The van der Waals surface area contributed by atoms with Gasteiger partial charge >= 0.3 is 0 Å². The van der Waals surface area contributed by atoms with Crippen LogP contribution in [0.25, 0.3) is 0 Å². The van der Waals surface area contributed by atoms with Gasteiger partial charge in [-0.05, 0) is 62.3 Å². The molecule has 0 bridgehead atoms. The normalized spacial score (nSPS) is 20.6. The van der Waals surface area contributed by atoms with Crippen molar-refractivity contribution in [2.24, 2.45) is 5.92 Å². The number of nitrogens with zero attached hydrogens (tertiary/aromatic N) is 4. The zero-order chi connectivity index (χ0) is 29.2. The number of anilines is 2. The number of hydrazine groups is 1. The quantitative estimate of drug-likeness (QED) is 0.263. The van der Waals surface area contributed by atoms with E-state index in [2.05, 4.69) is 15.8 Å². The Balaban J connectivity index is 1.33. The Morgan fingerprint density at radius 2 is 1.29 bits per heavy atom. The molecule has 0 unspecified atom stereocenters. The first-order chi connectivity index (χ1) is 19.5. The van der Waals surface area contributed by atoms with Gasteiger partial charge in [-0.1, -0.05) is 11.6 Å². The smallest absolute Gasteiger partial charge is 0.273 e. The second-order valence-corrected chi connectivity index (χ2v) is 11.5. The predicted octanol–water partition coefficient (Wildman–Crippen LogP) is 5.41. The second-order valence-electron chi connectivity index (χ2n) is 11.1. The lowest BCUT2D eigenvalue weighted by Gasteiger charge is -2.25. The second kappa shape index (κ2) is 12.0. The van der Waals surface area contributed by atoms with E-state index in [-0.39, 0.29) is 80.3 Å². The van der Waals surface area contributed by atoms with Crippen LogP contribution in [0.3, 0.4) is 0 Å². The molecule has 2 aliphatic heterocycles. The summed E-state index contributed by atoms with van der Waals surface area (Å²) in [4.78, 5) is 38.7. The van der Waals surface area contributed by atoms with Gasteiger partial charge in [0.1, 0.15) is 16.8 Å². The molecule has 0 aromatic carbocycles. The van der Waals surface area contributed by atoms with Crippen molar-refractivity contribution in [3.63, 3.8) is 0 Å². The van der Waals surface area contributed by atoms with Crippen LogP contribution < -0.4 is 20.7 Å². The minimum atomic E-state index is -2.80. The number of aromatic nitrogens is 2. The van der Waals surface area contributed by atoms with E-state index in [9.17, 15) is 27.2 Å². The predicted molar refractivity (Wildman–Crippen MR) is 147 cm³/mol. The summed E-state index contributed by atoms with van der Waals surface area (Å²) in [6.45, 7) is 0.641. The number of hydrogen-bond donors (Lipinski definition) is 2. The van der Waals surface area contributed by atoms with Crippen LogP contribution in [-0.2, 0) is 6.42 Å². The van der Waals surface area contributed by atoms with E-state index in [0.29, 0.717) is 18.3 Å². The molecule has 3 aliphatic rings. The van der Waals surface area contributed by atoms with Gasteiger partial charge in [0.05, 0.1) is 11.1 Å². The van der Waals surface area contributed by atoms with Crippen molar-refractivity contribution in [3.8, 4) is 0 Å². The molecule has 2 aromatic rings. The topological polar surface area (TPSA) is 90.5 Å². The van der Waals surface area contributed by atoms with E-state index in [1.54, 1.807) is 21.9 Å². The highest BCUT2D eigenvalue weighted by Gasteiger charge is 2.35. The molecule has 0 spiro atoms. The van der Waals surface area contributed by atoms with Crippen molar-refractivity contribution in [2.45, 2.75) is 69.6 Å². The highest BCUT2D eigenvalue weighted by Crippen LogP contribution is 2.35. The third-order valence-corrected chi connectivity index (χ3v) is 7.99. The first-order valence-electron chi connectivity index (χ1n) is 14.0. The molecule has 1 saturated carbocycles. The van der Waals surface area contributed by atoms with Crippen molar-refractivity contribution in [2.75, 3.05) is 36.0 Å². The average Bonchev–Trinajstić information content (AvgIpc) is 3.77. The fourth-order valence-electron chi connectivity index (χ4n) is 5.28. The number of alkyl halides is 4. The fourth-order valence-corrected chi connectivity index (χ4v) is 5.42. The lowest BCUT2D eigenvalue weighted by Crippen LogP contribution is -2.43. The maximum absolute atomic E-state index is 14.1. The van der Waals surface area contributed by atoms with Gasteiger partial charge in [0.2, 0.25) is 11.8 Å². The SMILES string of the molecule is O=C(NNC(=O)c1ccc(CC2CC2)nc1N1CCCC(F)(F)CC1)c1ccc(Cl)nc1N1CCCC(F)(F)CC1. The Morgan fingerprint density at radius 1 is 0.780 bits per heavy atom. The van der Waals surface area contributed by atoms with Crippen LogP contribution in [0.15, 0.2) is 24.3 Å². The van der Waals surface area contributed by atoms with E-state index in [4.69, 9.17) is 16.6 Å². The summed E-state index contributed by atoms with van der Waals surface area (Å²) in [6, 6.07) is 6.19. The lowest BCUT2D eigenvalue weighted by atomic mass is 10.1. The zero-order valence-corrected chi connectivity index (χ0v) is 23.3. The molecule has 8 nitrogen and oxygen atoms in total. The van der Waals surface area contributed by atoms with Crippen LogP contribution in [-0.4, -0.2) is 59.8 Å². The monoisotopic (exact) mass is 596 g/mol. The van der Waals surface area contributed by atoms with Crippen LogP contribution in [0.4, 0.5) is 29.2 Å². The van der Waals surface area contributed by atoms with Gasteiger partial charge in [-0.15, -0.1) is 0 Å². The minimum Gasteiger partial charge on any atom is -0.356 e. The van der Waals surface area contributed by atoms with E-state index in [0.717, 1.165) is 25.0 Å². The van der Waals surface area contributed by atoms with Gasteiger partial charge in [0, 0.05) is 57.6 Å². The van der Waals surface area contributed by atoms with Gasteiger partial charge in [0.15, 0.2) is 0 Å². The largest absolute Gasteiger partial charge is 0.356 e. The first-order valence-corrected chi connectivity index (χ1v) is 14.4. The number of halogens is 5. The number of hydrogen-bond acceptors (Lipinski definition) is 6. The van der Waals surface area contributed by atoms with Gasteiger partial charge < -0.3 is 9.80 Å². The molecule has 2 saturated heterocycles. The summed E-state index contributed by atoms with van der Waals surface area (Å²) in [5.74, 6) is -5.93. The number of amides is 2. The molecule has 13 heteroatoms. The van der Waals surface area contributed by atoms with Crippen LogP contribution in [0.5, 0.6) is 0 Å². The summed E-state index contributed by atoms with van der Waals surface area (Å²) in [5.41, 5.74) is 5.78. The molecule has 2 amide bonds. The Hall–Kier alpha value is -3.15. The summed E-state index contributed by atoms with van der Waals surface area (Å²) in [7, 11) is 0. The standard InChI is InChI=1S/C28H33ClF4N6O2/c29-22-8-7-21(24(35-22)39-14-2-10-28(32,33)12-16-39)26(41)37-36-25(40)20-6-5-19(17-18-3-4-18)34-23(20)38-13-1-9-27(30,31)11-15-38/h5-8,18H,1-4,9-17H2,(H,36,40)(H,37,41). The Kier molecular flexibility index (Phi) is 8.58. The lowest BCUT2D eigenvalue weighted by molar-refractivity contribution is -0.0109. The molecule has 4 heterocycles. The Morgan fingerprint density at radius 3 is 1.83 bits per heavy atom. The van der Waals surface area contributed by atoms with Crippen LogP contribution >= 0.6 is 11.6 Å². The number of nitrogens with one attached hydrogen (secondary N) is 2. The van der Waals surface area contributed by atoms with Gasteiger partial charge in [-0.2, -0.15) is 0 Å². The molecule has 222 valence electrons. The van der Waals surface area contributed by atoms with E-state index >= 15 is 0 Å². The molecule has 1 aliphatic carbocycles. The van der Waals surface area contributed by atoms with Crippen molar-refractivity contribution in [1.82, 2.24) is 20.8 Å². The molecule has 41 heavy (non-hydrogen) atoms. The van der Waals surface area contributed by atoms with E-state index in [1.807, 2.05) is 0 Å². The summed E-state index contributed by atoms with van der Waals surface area (Å²) in [5, 5.41) is 0.0987. The summed E-state index contributed by atoms with van der Waals surface area (Å²) < 4.78 is 56.0. The first kappa shape index (κ1) is 29.3. The highest BCUT2D eigenvalue weighted by molar-refractivity contribution is 6.29. The number of carbonyl (C=O) groups excluding carboxylic acids is 2. The number of rotatable bonds is 6. The molecule has 2 N–H and O–H groups in total. The summed E-state index contributed by atoms with van der Waals surface area (Å²) >= 11 is 6.07. The molecule has 0 atom stereocenters. The third-order valence-electron chi connectivity index (χ3n) is 7.78. The molecule has 2 aromatic heterocycles. The molecule has 5 rings (SSSR count). The molecule has 3 fully saturated rings. The molecule has 0 radical (unpaired) electrons. The van der Waals surface area contributed by atoms with Crippen molar-refractivity contribution in [1.29, 1.82) is 0 Å². The average molecular weight is 597 g/mol. The Bertz CT molecular complexity index is 1290. The number of carbonyl (C=O) groups is 2. The fraction of sp³-hybridized carbons (Fsp3) is 0.571. The summed E-state index contributed by atoms with van der Waals surface area (Å²) in [6.07, 6.45) is 2.25. The van der Waals surface area contributed by atoms with Gasteiger partial charge in [-0.25, -0.2) is 27.5 Å². The van der Waals surface area contributed by atoms with Crippen molar-refractivity contribution < 1.29 is 27.2 Å². The van der Waals surface area contributed by atoms with Crippen molar-refractivity contribution in [3.05, 3.63) is 46.2 Å². The van der Waals surface area contributed by atoms with Crippen molar-refractivity contribution >= 4 is 35.1 Å². The minimum absolute atomic E-state index is 0.00982. The van der Waals surface area contributed by atoms with Gasteiger partial charge in [-0.3, -0.25) is 20.4 Å². The molecular weight excluding hydrogens is 564 g/mol. The van der Waals surface area contributed by atoms with E-state index < -0.39 is 23.7 Å². The third kappa shape index (κ3) is 7.58. The van der Waals surface area contributed by atoms with Crippen LogP contribution in [0.2, 0.25) is 5.15 Å². The van der Waals surface area contributed by atoms with Crippen LogP contribution in [0, 0.1) is 5.92 Å². The maximum Gasteiger partial charge on any atom is 0.273 e. The zero-order valence-electron chi connectivity index (χ0n) is 22.6.